The van der Waals surface area contributed by atoms with Gasteiger partial charge in [-0.1, -0.05) is 25.8 Å². The lowest BCUT2D eigenvalue weighted by atomic mass is 9.98. The fourth-order valence-electron chi connectivity index (χ4n) is 5.61. The van der Waals surface area contributed by atoms with Gasteiger partial charge in [0.15, 0.2) is 11.6 Å². The lowest BCUT2D eigenvalue weighted by Gasteiger charge is -2.33. The van der Waals surface area contributed by atoms with Gasteiger partial charge in [0.25, 0.3) is 0 Å². The topological polar surface area (TPSA) is 85.9 Å². The molecule has 1 saturated heterocycles. The molecule has 0 unspecified atom stereocenters. The number of rotatable bonds is 7. The van der Waals surface area contributed by atoms with E-state index in [0.717, 1.165) is 82.4 Å². The van der Waals surface area contributed by atoms with Gasteiger partial charge in [-0.2, -0.15) is 5.10 Å². The molecule has 0 atom stereocenters. The monoisotopic (exact) mass is 518 g/mol. The van der Waals surface area contributed by atoms with Gasteiger partial charge >= 0.3 is 0 Å². The summed E-state index contributed by atoms with van der Waals surface area (Å²) in [6, 6.07) is 6.95. The van der Waals surface area contributed by atoms with E-state index in [4.69, 9.17) is 0 Å². The first-order chi connectivity index (χ1) is 18.6. The molecule has 0 bridgehead atoms. The zero-order valence-corrected chi connectivity index (χ0v) is 21.6. The Bertz CT molecular complexity index is 1410. The third-order valence-electron chi connectivity index (χ3n) is 7.81. The van der Waals surface area contributed by atoms with Gasteiger partial charge in [-0.25, -0.2) is 23.7 Å². The molecule has 3 aromatic heterocycles. The van der Waals surface area contributed by atoms with Gasteiger partial charge in [-0.15, -0.1) is 0 Å². The number of hydrogen-bond acceptors (Lipinski definition) is 7. The number of nitrogens with zero attached hydrogens (tertiary/aromatic N) is 6. The van der Waals surface area contributed by atoms with Crippen LogP contribution in [0.25, 0.3) is 22.2 Å². The van der Waals surface area contributed by atoms with E-state index in [9.17, 15) is 8.78 Å². The highest BCUT2D eigenvalue weighted by Crippen LogP contribution is 2.38. The molecule has 2 N–H and O–H groups in total. The molecule has 2 aliphatic rings. The molecule has 8 nitrogen and oxygen atoms in total. The van der Waals surface area contributed by atoms with E-state index in [1.165, 1.54) is 6.07 Å². The van der Waals surface area contributed by atoms with Crippen molar-refractivity contribution in [1.82, 2.24) is 34.9 Å². The molecule has 0 radical (unpaired) electrons. The van der Waals surface area contributed by atoms with E-state index in [1.807, 2.05) is 18.3 Å². The molecular formula is C28H32F2N8. The Morgan fingerprint density at radius 3 is 2.50 bits per heavy atom. The zero-order chi connectivity index (χ0) is 26.1. The van der Waals surface area contributed by atoms with Crippen molar-refractivity contribution in [3.8, 4) is 11.3 Å². The number of anilines is 2. The van der Waals surface area contributed by atoms with E-state index in [0.29, 0.717) is 22.7 Å². The summed E-state index contributed by atoms with van der Waals surface area (Å²) in [6.45, 7) is 8.42. The SMILES string of the molecule is CCN1CCN(Cc2ccc(Nc3ncc(F)c(-c4cc(F)c5n[nH]c(C6CCCC6)c5c4)n3)nc2)CC1. The number of aromatic amines is 1. The molecule has 10 heteroatoms. The Labute approximate surface area is 220 Å². The van der Waals surface area contributed by atoms with Crippen LogP contribution in [0.1, 0.15) is 49.8 Å². The summed E-state index contributed by atoms with van der Waals surface area (Å²) in [5, 5.41) is 11.0. The predicted octanol–water partition coefficient (Wildman–Crippen LogP) is 5.23. The van der Waals surface area contributed by atoms with Crippen LogP contribution in [0.5, 0.6) is 0 Å². The standard InChI is InChI=1S/C28H32F2N8/c1-2-37-9-11-38(12-10-37)17-18-7-8-24(31-15-18)33-28-32-16-23(30)26(34-28)20-13-21-25(19-5-3-4-6-19)35-36-27(21)22(29)14-20/h7-8,13-16,19H,2-6,9-12,17H2,1H3,(H,35,36)(H,31,32,33,34). The minimum atomic E-state index is -0.619. The molecule has 38 heavy (non-hydrogen) atoms. The van der Waals surface area contributed by atoms with Crippen molar-refractivity contribution >= 4 is 22.7 Å². The quantitative estimate of drug-likeness (QED) is 0.346. The fraction of sp³-hybridized carbons (Fsp3) is 0.429. The van der Waals surface area contributed by atoms with Gasteiger partial charge < -0.3 is 10.2 Å². The molecule has 2 fully saturated rings. The number of benzene rings is 1. The van der Waals surface area contributed by atoms with Crippen LogP contribution in [0.3, 0.4) is 0 Å². The second-order valence-electron chi connectivity index (χ2n) is 10.3. The minimum Gasteiger partial charge on any atom is -0.309 e. The highest BCUT2D eigenvalue weighted by molar-refractivity contribution is 5.87. The maximum absolute atomic E-state index is 15.0. The lowest BCUT2D eigenvalue weighted by molar-refractivity contribution is 0.132. The first-order valence-electron chi connectivity index (χ1n) is 13.4. The normalized spacial score (nSPS) is 17.4. The van der Waals surface area contributed by atoms with Gasteiger partial charge in [0.1, 0.15) is 17.0 Å². The van der Waals surface area contributed by atoms with Crippen LogP contribution in [0.15, 0.2) is 36.7 Å². The number of piperazine rings is 1. The summed E-state index contributed by atoms with van der Waals surface area (Å²) < 4.78 is 29.8. The molecule has 0 amide bonds. The predicted molar refractivity (Wildman–Crippen MR) is 143 cm³/mol. The molecule has 1 aromatic carbocycles. The molecule has 1 aliphatic carbocycles. The fourth-order valence-corrected chi connectivity index (χ4v) is 5.61. The number of nitrogens with one attached hydrogen (secondary N) is 2. The number of pyridine rings is 1. The smallest absolute Gasteiger partial charge is 0.229 e. The second kappa shape index (κ2) is 10.7. The molecule has 1 aliphatic heterocycles. The van der Waals surface area contributed by atoms with E-state index >= 15 is 0 Å². The summed E-state index contributed by atoms with van der Waals surface area (Å²) >= 11 is 0. The van der Waals surface area contributed by atoms with Crippen LogP contribution < -0.4 is 5.32 Å². The molecule has 1 saturated carbocycles. The molecule has 4 aromatic rings. The number of H-pyrrole nitrogens is 1. The largest absolute Gasteiger partial charge is 0.309 e. The highest BCUT2D eigenvalue weighted by Gasteiger charge is 2.24. The number of halogens is 2. The van der Waals surface area contributed by atoms with E-state index < -0.39 is 11.6 Å². The van der Waals surface area contributed by atoms with Gasteiger partial charge in [0, 0.05) is 61.5 Å². The van der Waals surface area contributed by atoms with Crippen molar-refractivity contribution < 1.29 is 8.78 Å². The van der Waals surface area contributed by atoms with Crippen LogP contribution in [0.2, 0.25) is 0 Å². The third-order valence-corrected chi connectivity index (χ3v) is 7.81. The Morgan fingerprint density at radius 2 is 1.76 bits per heavy atom. The Morgan fingerprint density at radius 1 is 0.974 bits per heavy atom. The van der Waals surface area contributed by atoms with Crippen LogP contribution in [0, 0.1) is 11.6 Å². The number of likely N-dealkylation sites (N-methyl/N-ethyl adjacent to an activating group) is 1. The summed E-state index contributed by atoms with van der Waals surface area (Å²) in [5.41, 5.74) is 2.71. The lowest BCUT2D eigenvalue weighted by Crippen LogP contribution is -2.45. The summed E-state index contributed by atoms with van der Waals surface area (Å²) in [6.07, 6.45) is 7.32. The van der Waals surface area contributed by atoms with Crippen LogP contribution >= 0.6 is 0 Å². The van der Waals surface area contributed by atoms with Crippen molar-refractivity contribution in [3.63, 3.8) is 0 Å². The van der Waals surface area contributed by atoms with Gasteiger partial charge in [0.05, 0.1) is 6.20 Å². The maximum atomic E-state index is 15.0. The van der Waals surface area contributed by atoms with Crippen LogP contribution in [-0.2, 0) is 6.54 Å². The van der Waals surface area contributed by atoms with Crippen LogP contribution in [0.4, 0.5) is 20.5 Å². The van der Waals surface area contributed by atoms with E-state index in [-0.39, 0.29) is 17.2 Å². The average Bonchev–Trinajstić information content (AvgIpc) is 3.62. The first kappa shape index (κ1) is 24.8. The van der Waals surface area contributed by atoms with Crippen molar-refractivity contribution in [2.75, 3.05) is 38.0 Å². The van der Waals surface area contributed by atoms with Crippen molar-refractivity contribution in [2.45, 2.75) is 45.1 Å². The molecule has 6 rings (SSSR count). The van der Waals surface area contributed by atoms with E-state index in [1.54, 1.807) is 6.07 Å². The summed E-state index contributed by atoms with van der Waals surface area (Å²) in [7, 11) is 0. The molecular weight excluding hydrogens is 486 g/mol. The Kier molecular flexibility index (Phi) is 6.99. The van der Waals surface area contributed by atoms with Crippen LogP contribution in [-0.4, -0.2) is 67.7 Å². The summed E-state index contributed by atoms with van der Waals surface area (Å²) in [4.78, 5) is 17.9. The molecule has 198 valence electrons. The zero-order valence-electron chi connectivity index (χ0n) is 21.6. The van der Waals surface area contributed by atoms with Gasteiger partial charge in [0.2, 0.25) is 5.95 Å². The van der Waals surface area contributed by atoms with Crippen molar-refractivity contribution in [2.24, 2.45) is 0 Å². The minimum absolute atomic E-state index is 0.0321. The summed E-state index contributed by atoms with van der Waals surface area (Å²) in [5.74, 6) is -0.0501. The number of aromatic nitrogens is 5. The number of hydrogen-bond donors (Lipinski definition) is 2. The van der Waals surface area contributed by atoms with Crippen molar-refractivity contribution in [1.29, 1.82) is 0 Å². The maximum Gasteiger partial charge on any atom is 0.229 e. The first-order valence-corrected chi connectivity index (χ1v) is 13.4. The average molecular weight is 519 g/mol. The molecule has 0 spiro atoms. The Balaban J connectivity index is 1.20. The van der Waals surface area contributed by atoms with Gasteiger partial charge in [-0.05, 0) is 43.1 Å². The van der Waals surface area contributed by atoms with Crippen molar-refractivity contribution in [3.05, 3.63) is 59.6 Å². The molecule has 4 heterocycles. The highest BCUT2D eigenvalue weighted by atomic mass is 19.1. The van der Waals surface area contributed by atoms with E-state index in [2.05, 4.69) is 47.2 Å². The number of fused-ring (bicyclic) bond motifs is 1. The second-order valence-corrected chi connectivity index (χ2v) is 10.3. The third kappa shape index (κ3) is 5.10. The Hall–Kier alpha value is -3.50. The van der Waals surface area contributed by atoms with Gasteiger partial charge in [-0.3, -0.25) is 10.00 Å².